The first-order valence-electron chi connectivity index (χ1n) is 0.901. The van der Waals surface area contributed by atoms with Gasteiger partial charge in [-0.3, -0.25) is 0 Å². The number of rotatable bonds is 1. The normalized spacial score (nSPS) is 2.86. The maximum atomic E-state index is 8.93. The van der Waals surface area contributed by atoms with Crippen molar-refractivity contribution in [3.8, 4) is 0 Å². The summed E-state index contributed by atoms with van der Waals surface area (Å²) in [6.45, 7) is 3.06. The number of carbonyl (C=O) groups excluding carboxylic acids is 1. The van der Waals surface area contributed by atoms with E-state index >= 15 is 0 Å². The van der Waals surface area contributed by atoms with Gasteiger partial charge in [0.05, 0.1) is 0 Å². The van der Waals surface area contributed by atoms with Crippen LogP contribution >= 0.6 is 0 Å². The molecule has 0 heterocycles. The average Bonchev–Trinajstić information content (AvgIpc) is 1.37. The second kappa shape index (κ2) is 25.5. The summed E-state index contributed by atoms with van der Waals surface area (Å²) in [6, 6.07) is 0. The van der Waals surface area contributed by atoms with Crippen LogP contribution in [0.5, 0.6) is 0 Å². The fourth-order valence-corrected chi connectivity index (χ4v) is 0. The number of hydrogen-bond acceptors (Lipinski definition) is 1. The third kappa shape index (κ3) is 35.0. The van der Waals surface area contributed by atoms with Crippen LogP contribution in [-0.2, 0) is 71.9 Å². The van der Waals surface area contributed by atoms with Crippen LogP contribution < -0.4 is 0 Å². The molecule has 4 heteroatoms. The molecule has 0 saturated carbocycles. The van der Waals surface area contributed by atoms with E-state index in [9.17, 15) is 0 Å². The van der Waals surface area contributed by atoms with Gasteiger partial charge in [0.2, 0.25) is 0 Å². The van der Waals surface area contributed by atoms with E-state index < -0.39 is 0 Å². The fraction of sp³-hybridized carbons (Fsp3) is 0. The summed E-state index contributed by atoms with van der Waals surface area (Å²) in [4.78, 5) is 8.93. The predicted molar refractivity (Wildman–Crippen MR) is 15.9 cm³/mol. The maximum absolute atomic E-state index is 8.93. The topological polar surface area (TPSA) is 17.1 Å². The molecule has 0 N–H and O–H groups in total. The first-order chi connectivity index (χ1) is 1.91. The summed E-state index contributed by atoms with van der Waals surface area (Å²) in [7, 11) is 0. The van der Waals surface area contributed by atoms with Crippen molar-refractivity contribution in [1.29, 1.82) is 0 Å². The van der Waals surface area contributed by atoms with Crippen LogP contribution in [0.1, 0.15) is 0 Å². The van der Waals surface area contributed by atoms with Crippen LogP contribution in [-0.4, -0.2) is 6.29 Å². The molecular formula is C3H3AgNbOTa. The third-order valence-electron chi connectivity index (χ3n) is 0.0833. The molecule has 2 radical (unpaired) electrons. The van der Waals surface area contributed by atoms with Gasteiger partial charge < -0.3 is 4.79 Å². The van der Waals surface area contributed by atoms with Crippen molar-refractivity contribution in [2.24, 2.45) is 0 Å². The molecule has 0 atom stereocenters. The van der Waals surface area contributed by atoms with Crippen molar-refractivity contribution in [3.05, 3.63) is 12.7 Å². The van der Waals surface area contributed by atoms with Crippen LogP contribution in [0.3, 0.4) is 0 Å². The zero-order valence-electron chi connectivity index (χ0n) is 3.39. The summed E-state index contributed by atoms with van der Waals surface area (Å²) < 4.78 is 0. The first-order valence-corrected chi connectivity index (χ1v) is 0.901. The standard InChI is InChI=1S/C3H3O.Ag.Nb.Ta/c1-2-3-4;;;/h2H,1H2;;;/q-1;+1;;. The van der Waals surface area contributed by atoms with Crippen LogP contribution in [0, 0.1) is 0 Å². The van der Waals surface area contributed by atoms with E-state index in [2.05, 4.69) is 6.58 Å². The Morgan fingerprint density at radius 2 is 1.71 bits per heavy atom. The average molecular weight is 437 g/mol. The van der Waals surface area contributed by atoms with Crippen LogP contribution in [0.15, 0.2) is 12.7 Å². The minimum atomic E-state index is 0. The Morgan fingerprint density at radius 1 is 1.57 bits per heavy atom. The Bertz CT molecular complexity index is 35.9. The summed E-state index contributed by atoms with van der Waals surface area (Å²) in [5.41, 5.74) is 0. The van der Waals surface area contributed by atoms with Crippen molar-refractivity contribution in [2.45, 2.75) is 0 Å². The molecule has 0 aliphatic rings. The van der Waals surface area contributed by atoms with Gasteiger partial charge in [-0.25, -0.2) is 12.7 Å². The van der Waals surface area contributed by atoms with Gasteiger partial charge >= 0.3 is 22.4 Å². The molecule has 1 nitrogen and oxygen atoms in total. The molecule has 0 spiro atoms. The molecule has 0 aromatic carbocycles. The van der Waals surface area contributed by atoms with E-state index in [-0.39, 0.29) is 67.1 Å². The Kier molecular flexibility index (Phi) is 85.2. The monoisotopic (exact) mass is 436 g/mol. The van der Waals surface area contributed by atoms with Crippen molar-refractivity contribution in [3.63, 3.8) is 0 Å². The Labute approximate surface area is 89.8 Å². The SMILES string of the molecule is C=C[C-]=O.[Ag+].[Nb].[Ta]. The van der Waals surface area contributed by atoms with Crippen LogP contribution in [0.2, 0.25) is 0 Å². The van der Waals surface area contributed by atoms with Crippen molar-refractivity contribution in [2.75, 3.05) is 0 Å². The molecule has 0 rings (SSSR count). The van der Waals surface area contributed by atoms with E-state index in [0.717, 1.165) is 6.08 Å². The smallest absolute Gasteiger partial charge is 0.419 e. The van der Waals surface area contributed by atoms with Crippen molar-refractivity contribution < 1.29 is 71.9 Å². The minimum absolute atomic E-state index is 0. The van der Waals surface area contributed by atoms with Crippen molar-refractivity contribution >= 4 is 6.29 Å². The summed E-state index contributed by atoms with van der Waals surface area (Å²) >= 11 is 0. The van der Waals surface area contributed by atoms with Crippen LogP contribution in [0.25, 0.3) is 0 Å². The molecule has 0 aromatic rings. The van der Waals surface area contributed by atoms with Gasteiger partial charge in [0, 0.05) is 44.8 Å². The second-order valence-corrected chi connectivity index (χ2v) is 0.322. The van der Waals surface area contributed by atoms with Gasteiger partial charge in [-0.2, -0.15) is 0 Å². The maximum Gasteiger partial charge on any atom is 1.00 e. The van der Waals surface area contributed by atoms with Gasteiger partial charge in [-0.1, -0.05) is 0 Å². The molecule has 42 valence electrons. The van der Waals surface area contributed by atoms with Gasteiger partial charge in [-0.15, -0.1) is 0 Å². The van der Waals surface area contributed by atoms with Gasteiger partial charge in [-0.05, 0) is 6.29 Å². The molecular weight excluding hydrogens is 434 g/mol. The largest absolute Gasteiger partial charge is 1.00 e. The first kappa shape index (κ1) is 23.4. The summed E-state index contributed by atoms with van der Waals surface area (Å²) in [6.07, 6.45) is 2.51. The van der Waals surface area contributed by atoms with E-state index in [4.69, 9.17) is 4.79 Å². The van der Waals surface area contributed by atoms with E-state index in [0.29, 0.717) is 0 Å². The molecule has 0 saturated heterocycles. The van der Waals surface area contributed by atoms with Gasteiger partial charge in [0.15, 0.2) is 0 Å². The predicted octanol–water partition coefficient (Wildman–Crippen LogP) is 0.275. The van der Waals surface area contributed by atoms with Gasteiger partial charge in [0.1, 0.15) is 0 Å². The Morgan fingerprint density at radius 3 is 1.71 bits per heavy atom. The van der Waals surface area contributed by atoms with Gasteiger partial charge in [0.25, 0.3) is 0 Å². The van der Waals surface area contributed by atoms with E-state index in [1.165, 1.54) is 6.29 Å². The van der Waals surface area contributed by atoms with E-state index in [1.807, 2.05) is 0 Å². The molecule has 0 amide bonds. The van der Waals surface area contributed by atoms with Crippen LogP contribution in [0.4, 0.5) is 0 Å². The zero-order valence-corrected chi connectivity index (χ0v) is 10.3. The third-order valence-corrected chi connectivity index (χ3v) is 0.0833. The van der Waals surface area contributed by atoms with Crippen molar-refractivity contribution in [1.82, 2.24) is 0 Å². The second-order valence-electron chi connectivity index (χ2n) is 0.322. The molecule has 7 heavy (non-hydrogen) atoms. The molecule has 0 aliphatic carbocycles. The fourth-order valence-electron chi connectivity index (χ4n) is 0. The zero-order chi connectivity index (χ0) is 3.41. The summed E-state index contributed by atoms with van der Waals surface area (Å²) in [5, 5.41) is 0. The molecule has 0 unspecified atom stereocenters. The Hall–Kier alpha value is 1.63. The number of hydrogen-bond donors (Lipinski definition) is 0. The minimum Gasteiger partial charge on any atom is -0.419 e. The molecule has 0 aromatic heterocycles. The summed E-state index contributed by atoms with van der Waals surface area (Å²) in [5.74, 6) is 0. The Balaban J connectivity index is -0.0000000150. The quantitative estimate of drug-likeness (QED) is 0.328. The molecule has 0 bridgehead atoms. The van der Waals surface area contributed by atoms with E-state index in [1.54, 1.807) is 0 Å². The molecule has 0 fully saturated rings. The number of allylic oxidation sites excluding steroid dienone is 1. The molecule has 0 aliphatic heterocycles.